The molecule has 2 aromatic carbocycles. The molecule has 1 spiro atoms. The van der Waals surface area contributed by atoms with Gasteiger partial charge in [-0.2, -0.15) is 0 Å². The van der Waals surface area contributed by atoms with E-state index in [-0.39, 0.29) is 0 Å². The van der Waals surface area contributed by atoms with Gasteiger partial charge in [0.2, 0.25) is 5.79 Å². The molecule has 0 unspecified atom stereocenters. The lowest BCUT2D eigenvalue weighted by atomic mass is 9.93. The molecule has 0 radical (unpaired) electrons. The first-order chi connectivity index (χ1) is 8.87. The summed E-state index contributed by atoms with van der Waals surface area (Å²) in [5.41, 5.74) is 3.72. The molecule has 0 amide bonds. The third kappa shape index (κ3) is 1.33. The Morgan fingerprint density at radius 3 is 2.61 bits per heavy atom. The zero-order valence-corrected chi connectivity index (χ0v) is 10.1. The zero-order valence-electron chi connectivity index (χ0n) is 10.1. The fourth-order valence-corrected chi connectivity index (χ4v) is 2.92. The number of hydrogen-bond acceptors (Lipinski definition) is 2. The summed E-state index contributed by atoms with van der Waals surface area (Å²) in [5.74, 6) is 0.408. The van der Waals surface area contributed by atoms with Crippen LogP contribution in [0.25, 0.3) is 0 Å². The predicted molar refractivity (Wildman–Crippen MR) is 68.3 cm³/mol. The molecule has 18 heavy (non-hydrogen) atoms. The fraction of sp³-hybridized carbons (Fsp3) is 0.250. The highest BCUT2D eigenvalue weighted by atomic mass is 16.7. The maximum atomic E-state index is 6.18. The molecule has 0 aromatic heterocycles. The molecule has 1 atom stereocenters. The smallest absolute Gasteiger partial charge is 0.238 e. The summed E-state index contributed by atoms with van der Waals surface area (Å²) in [6, 6.07) is 16.6. The second-order valence-corrected chi connectivity index (χ2v) is 4.91. The lowest BCUT2D eigenvalue weighted by molar-refractivity contribution is -0.193. The van der Waals surface area contributed by atoms with Crippen molar-refractivity contribution in [2.24, 2.45) is 0 Å². The average molecular weight is 238 g/mol. The van der Waals surface area contributed by atoms with E-state index < -0.39 is 5.79 Å². The summed E-state index contributed by atoms with van der Waals surface area (Å²) >= 11 is 0. The van der Waals surface area contributed by atoms with Crippen molar-refractivity contribution in [3.8, 4) is 5.75 Å². The summed E-state index contributed by atoms with van der Waals surface area (Å²) in [7, 11) is 0. The van der Waals surface area contributed by atoms with Gasteiger partial charge in [0.05, 0.1) is 6.61 Å². The second kappa shape index (κ2) is 3.59. The summed E-state index contributed by atoms with van der Waals surface area (Å²) in [6.45, 7) is 0.651. The van der Waals surface area contributed by atoms with Crippen LogP contribution < -0.4 is 4.74 Å². The average Bonchev–Trinajstić information content (AvgIpc) is 2.78. The third-order valence-corrected chi connectivity index (χ3v) is 3.86. The van der Waals surface area contributed by atoms with Crippen LogP contribution in [0.15, 0.2) is 48.5 Å². The first-order valence-corrected chi connectivity index (χ1v) is 6.37. The van der Waals surface area contributed by atoms with E-state index in [1.165, 1.54) is 16.7 Å². The van der Waals surface area contributed by atoms with E-state index in [9.17, 15) is 0 Å². The van der Waals surface area contributed by atoms with E-state index >= 15 is 0 Å². The number of para-hydroxylation sites is 1. The summed E-state index contributed by atoms with van der Waals surface area (Å²) in [6.07, 6.45) is 1.89. The first kappa shape index (κ1) is 10.2. The molecule has 2 aliphatic rings. The molecular weight excluding hydrogens is 224 g/mol. The lowest BCUT2D eigenvalue weighted by Crippen LogP contribution is -2.36. The van der Waals surface area contributed by atoms with Crippen LogP contribution >= 0.6 is 0 Å². The van der Waals surface area contributed by atoms with Gasteiger partial charge in [-0.3, -0.25) is 0 Å². The van der Waals surface area contributed by atoms with E-state index in [1.807, 2.05) is 12.1 Å². The van der Waals surface area contributed by atoms with Gasteiger partial charge in [0, 0.05) is 12.0 Å². The molecule has 90 valence electrons. The molecule has 0 N–H and O–H groups in total. The number of benzene rings is 2. The molecule has 0 aliphatic carbocycles. The Morgan fingerprint density at radius 2 is 1.67 bits per heavy atom. The van der Waals surface area contributed by atoms with Crippen LogP contribution in [-0.2, 0) is 23.6 Å². The van der Waals surface area contributed by atoms with Crippen molar-refractivity contribution >= 4 is 0 Å². The molecule has 2 heterocycles. The monoisotopic (exact) mass is 238 g/mol. The van der Waals surface area contributed by atoms with Crippen LogP contribution in [-0.4, -0.2) is 0 Å². The Labute approximate surface area is 106 Å². The highest BCUT2D eigenvalue weighted by Gasteiger charge is 2.44. The van der Waals surface area contributed by atoms with E-state index in [1.54, 1.807) is 0 Å². The molecule has 2 nitrogen and oxygen atoms in total. The molecule has 0 fully saturated rings. The SMILES string of the molecule is c1ccc2c(c1)CC[C@]1(OCc3ccccc31)O2. The van der Waals surface area contributed by atoms with Crippen molar-refractivity contribution in [2.75, 3.05) is 0 Å². The van der Waals surface area contributed by atoms with Gasteiger partial charge in [-0.15, -0.1) is 0 Å². The van der Waals surface area contributed by atoms with Crippen LogP contribution in [0.5, 0.6) is 5.75 Å². The van der Waals surface area contributed by atoms with Gasteiger partial charge < -0.3 is 9.47 Å². The minimum absolute atomic E-state index is 0.551. The van der Waals surface area contributed by atoms with Crippen molar-refractivity contribution in [1.29, 1.82) is 0 Å². The standard InChI is InChI=1S/C16H14O2/c1-3-7-14-13(6-1)11-17-16(14)10-9-12-5-2-4-8-15(12)18-16/h1-8H,9-11H2/t16-/m0/s1. The minimum Gasteiger partial charge on any atom is -0.458 e. The van der Waals surface area contributed by atoms with Crippen molar-refractivity contribution in [2.45, 2.75) is 25.2 Å². The Bertz CT molecular complexity index is 606. The first-order valence-electron chi connectivity index (χ1n) is 6.37. The normalized spacial score (nSPS) is 24.4. The van der Waals surface area contributed by atoms with Crippen LogP contribution in [0, 0.1) is 0 Å². The lowest BCUT2D eigenvalue weighted by Gasteiger charge is -2.35. The Hall–Kier alpha value is -1.80. The quantitative estimate of drug-likeness (QED) is 0.700. The van der Waals surface area contributed by atoms with Gasteiger partial charge >= 0.3 is 0 Å². The fourth-order valence-electron chi connectivity index (χ4n) is 2.92. The topological polar surface area (TPSA) is 18.5 Å². The van der Waals surface area contributed by atoms with Crippen molar-refractivity contribution < 1.29 is 9.47 Å². The largest absolute Gasteiger partial charge is 0.458 e. The van der Waals surface area contributed by atoms with E-state index in [4.69, 9.17) is 9.47 Å². The Balaban J connectivity index is 1.81. The molecular formula is C16H14O2. The van der Waals surface area contributed by atoms with Crippen LogP contribution in [0.4, 0.5) is 0 Å². The molecule has 2 aromatic rings. The molecule has 0 bridgehead atoms. The maximum absolute atomic E-state index is 6.18. The van der Waals surface area contributed by atoms with E-state index in [0.717, 1.165) is 18.6 Å². The van der Waals surface area contributed by atoms with Crippen LogP contribution in [0.1, 0.15) is 23.1 Å². The van der Waals surface area contributed by atoms with Crippen molar-refractivity contribution in [1.82, 2.24) is 0 Å². The zero-order chi connectivity index (χ0) is 12.0. The molecule has 4 rings (SSSR count). The van der Waals surface area contributed by atoms with Gasteiger partial charge in [0.25, 0.3) is 0 Å². The van der Waals surface area contributed by atoms with Gasteiger partial charge in [-0.1, -0.05) is 42.5 Å². The highest BCUT2D eigenvalue weighted by Crippen LogP contribution is 2.45. The summed E-state index contributed by atoms with van der Waals surface area (Å²) in [4.78, 5) is 0. The minimum atomic E-state index is -0.551. The summed E-state index contributed by atoms with van der Waals surface area (Å²) in [5, 5.41) is 0. The van der Waals surface area contributed by atoms with Crippen LogP contribution in [0.2, 0.25) is 0 Å². The van der Waals surface area contributed by atoms with Gasteiger partial charge in [-0.05, 0) is 23.6 Å². The number of rotatable bonds is 0. The van der Waals surface area contributed by atoms with E-state index in [0.29, 0.717) is 6.61 Å². The Morgan fingerprint density at radius 1 is 0.889 bits per heavy atom. The molecule has 0 saturated heterocycles. The van der Waals surface area contributed by atoms with Gasteiger partial charge in [0.1, 0.15) is 5.75 Å². The number of ether oxygens (including phenoxy) is 2. The van der Waals surface area contributed by atoms with Crippen molar-refractivity contribution in [3.05, 3.63) is 65.2 Å². The maximum Gasteiger partial charge on any atom is 0.238 e. The summed E-state index contributed by atoms with van der Waals surface area (Å²) < 4.78 is 12.2. The van der Waals surface area contributed by atoms with Crippen molar-refractivity contribution in [3.63, 3.8) is 0 Å². The second-order valence-electron chi connectivity index (χ2n) is 4.91. The number of aryl methyl sites for hydroxylation is 1. The molecule has 2 aliphatic heterocycles. The molecule has 2 heteroatoms. The van der Waals surface area contributed by atoms with Crippen LogP contribution in [0.3, 0.4) is 0 Å². The number of fused-ring (bicyclic) bond motifs is 3. The predicted octanol–water partition coefficient (Wildman–Crippen LogP) is 3.39. The van der Waals surface area contributed by atoms with Gasteiger partial charge in [0.15, 0.2) is 0 Å². The Kier molecular flexibility index (Phi) is 2.03. The van der Waals surface area contributed by atoms with E-state index in [2.05, 4.69) is 36.4 Å². The molecule has 0 saturated carbocycles. The third-order valence-electron chi connectivity index (χ3n) is 3.86. The highest BCUT2D eigenvalue weighted by molar-refractivity contribution is 5.41. The van der Waals surface area contributed by atoms with Gasteiger partial charge in [-0.25, -0.2) is 0 Å². The number of hydrogen-bond donors (Lipinski definition) is 0.